The first-order chi connectivity index (χ1) is 9.22. The number of rotatable bonds is 0. The average Bonchev–Trinajstić information content (AvgIpc) is 2.44. The second-order valence-corrected chi connectivity index (χ2v) is 6.79. The molecule has 4 rings (SSSR count). The van der Waals surface area contributed by atoms with Gasteiger partial charge in [0.05, 0.1) is 0 Å². The normalized spacial score (nSPS) is 37.6. The van der Waals surface area contributed by atoms with Gasteiger partial charge in [0, 0.05) is 18.0 Å². The van der Waals surface area contributed by atoms with Crippen molar-refractivity contribution < 1.29 is 5.21 Å². The maximum absolute atomic E-state index is 10.3. The Kier molecular flexibility index (Phi) is 2.55. The summed E-state index contributed by atoms with van der Waals surface area (Å²) in [4.78, 5) is 0. The number of hydrogen-bond donors (Lipinski definition) is 1. The van der Waals surface area contributed by atoms with Gasteiger partial charge in [0.1, 0.15) is 0 Å². The van der Waals surface area contributed by atoms with Crippen molar-refractivity contribution >= 4 is 0 Å². The molecule has 1 N–H and O–H groups in total. The molecule has 2 fully saturated rings. The molecule has 1 saturated carbocycles. The molecule has 1 aromatic rings. The van der Waals surface area contributed by atoms with Gasteiger partial charge in [0.15, 0.2) is 0 Å². The average molecular weight is 257 g/mol. The Labute approximate surface area is 115 Å². The number of fused-ring (bicyclic) bond motifs is 1. The maximum Gasteiger partial charge on any atom is 0.0427 e. The number of hydroxylamine groups is 2. The SMILES string of the molecule is Cc1cccc2c1C[C@@H]1[C@@H]3CCCC[C@]23CCN1O. The van der Waals surface area contributed by atoms with Crippen LogP contribution in [-0.2, 0) is 11.8 Å². The molecule has 1 aliphatic heterocycles. The quantitative estimate of drug-likeness (QED) is 0.769. The summed E-state index contributed by atoms with van der Waals surface area (Å²) in [6.45, 7) is 3.09. The molecule has 19 heavy (non-hydrogen) atoms. The van der Waals surface area contributed by atoms with E-state index in [9.17, 15) is 5.21 Å². The molecule has 102 valence electrons. The first-order valence-electron chi connectivity index (χ1n) is 7.77. The minimum Gasteiger partial charge on any atom is -0.314 e. The molecule has 3 aliphatic rings. The zero-order chi connectivity index (χ0) is 13.0. The monoisotopic (exact) mass is 257 g/mol. The van der Waals surface area contributed by atoms with E-state index >= 15 is 0 Å². The van der Waals surface area contributed by atoms with Crippen LogP contribution in [0.2, 0.25) is 0 Å². The Morgan fingerprint density at radius 3 is 3.05 bits per heavy atom. The van der Waals surface area contributed by atoms with Crippen molar-refractivity contribution in [3.05, 3.63) is 34.9 Å². The van der Waals surface area contributed by atoms with Gasteiger partial charge >= 0.3 is 0 Å². The zero-order valence-corrected chi connectivity index (χ0v) is 11.7. The highest BCUT2D eigenvalue weighted by atomic mass is 16.5. The number of piperidine rings is 1. The fraction of sp³-hybridized carbons (Fsp3) is 0.647. The smallest absolute Gasteiger partial charge is 0.0427 e. The van der Waals surface area contributed by atoms with Gasteiger partial charge < -0.3 is 5.21 Å². The molecule has 0 radical (unpaired) electrons. The summed E-state index contributed by atoms with van der Waals surface area (Å²) in [5.74, 6) is 0.675. The summed E-state index contributed by atoms with van der Waals surface area (Å²) in [6.07, 6.45) is 7.53. The molecule has 2 aliphatic carbocycles. The predicted octanol–water partition coefficient (Wildman–Crippen LogP) is 3.44. The molecule has 2 heteroatoms. The highest BCUT2D eigenvalue weighted by molar-refractivity contribution is 5.45. The third-order valence-corrected chi connectivity index (χ3v) is 6.09. The van der Waals surface area contributed by atoms with E-state index in [1.165, 1.54) is 36.8 Å². The van der Waals surface area contributed by atoms with Gasteiger partial charge in [-0.2, -0.15) is 5.06 Å². The summed E-state index contributed by atoms with van der Waals surface area (Å²) in [6, 6.07) is 7.21. The van der Waals surface area contributed by atoms with Gasteiger partial charge in [-0.05, 0) is 55.2 Å². The molecule has 1 aromatic carbocycles. The first kappa shape index (κ1) is 11.9. The van der Waals surface area contributed by atoms with Crippen LogP contribution in [0.4, 0.5) is 0 Å². The molecule has 0 spiro atoms. The minimum atomic E-state index is 0.364. The molecule has 1 heterocycles. The predicted molar refractivity (Wildman–Crippen MR) is 75.4 cm³/mol. The van der Waals surface area contributed by atoms with Crippen LogP contribution in [0.1, 0.15) is 48.8 Å². The molecule has 2 bridgehead atoms. The van der Waals surface area contributed by atoms with Crippen molar-refractivity contribution in [1.82, 2.24) is 5.06 Å². The number of aryl methyl sites for hydroxylation is 1. The molecule has 0 aromatic heterocycles. The van der Waals surface area contributed by atoms with E-state index in [1.54, 1.807) is 10.6 Å². The van der Waals surface area contributed by atoms with Crippen LogP contribution in [0.3, 0.4) is 0 Å². The van der Waals surface area contributed by atoms with Crippen molar-refractivity contribution in [3.63, 3.8) is 0 Å². The lowest BCUT2D eigenvalue weighted by atomic mass is 9.52. The lowest BCUT2D eigenvalue weighted by Crippen LogP contribution is -2.60. The Balaban J connectivity index is 1.92. The number of benzene rings is 1. The highest BCUT2D eigenvalue weighted by Crippen LogP contribution is 2.55. The van der Waals surface area contributed by atoms with Gasteiger partial charge in [-0.15, -0.1) is 0 Å². The van der Waals surface area contributed by atoms with Crippen LogP contribution in [0.5, 0.6) is 0 Å². The Hall–Kier alpha value is -0.860. The summed E-state index contributed by atoms with van der Waals surface area (Å²) >= 11 is 0. The lowest BCUT2D eigenvalue weighted by molar-refractivity contribution is -0.187. The number of hydrogen-bond acceptors (Lipinski definition) is 2. The van der Waals surface area contributed by atoms with E-state index in [2.05, 4.69) is 25.1 Å². The van der Waals surface area contributed by atoms with Crippen LogP contribution in [0.15, 0.2) is 18.2 Å². The fourth-order valence-corrected chi connectivity index (χ4v) is 5.19. The van der Waals surface area contributed by atoms with Crippen LogP contribution in [0, 0.1) is 12.8 Å². The Morgan fingerprint density at radius 1 is 1.26 bits per heavy atom. The molecule has 0 amide bonds. The van der Waals surface area contributed by atoms with Gasteiger partial charge in [-0.1, -0.05) is 31.0 Å². The second-order valence-electron chi connectivity index (χ2n) is 6.79. The van der Waals surface area contributed by atoms with Crippen LogP contribution >= 0.6 is 0 Å². The third kappa shape index (κ3) is 1.50. The zero-order valence-electron chi connectivity index (χ0n) is 11.7. The third-order valence-electron chi connectivity index (χ3n) is 6.09. The summed E-state index contributed by atoms with van der Waals surface area (Å²) in [7, 11) is 0. The highest BCUT2D eigenvalue weighted by Gasteiger charge is 2.53. The standard InChI is InChI=1S/C17H23NO/c1-12-5-4-7-14-13(12)11-16-15-6-2-3-8-17(14,15)9-10-18(16)19/h4-5,7,15-16,19H,2-3,6,8-11H2,1H3/t15-,16+,17-/m0/s1. The summed E-state index contributed by atoms with van der Waals surface area (Å²) in [5, 5.41) is 12.0. The number of nitrogens with zero attached hydrogens (tertiary/aromatic N) is 1. The van der Waals surface area contributed by atoms with Gasteiger partial charge in [0.2, 0.25) is 0 Å². The van der Waals surface area contributed by atoms with E-state index in [4.69, 9.17) is 0 Å². The van der Waals surface area contributed by atoms with Crippen molar-refractivity contribution in [2.24, 2.45) is 5.92 Å². The van der Waals surface area contributed by atoms with Gasteiger partial charge in [0.25, 0.3) is 0 Å². The lowest BCUT2D eigenvalue weighted by Gasteiger charge is -2.57. The molecular formula is C17H23NO. The van der Waals surface area contributed by atoms with Gasteiger partial charge in [-0.25, -0.2) is 0 Å². The van der Waals surface area contributed by atoms with E-state index in [0.29, 0.717) is 17.4 Å². The Morgan fingerprint density at radius 2 is 2.16 bits per heavy atom. The van der Waals surface area contributed by atoms with Crippen molar-refractivity contribution in [2.75, 3.05) is 6.54 Å². The summed E-state index contributed by atoms with van der Waals surface area (Å²) in [5.41, 5.74) is 4.95. The van der Waals surface area contributed by atoms with Crippen molar-refractivity contribution in [2.45, 2.75) is 56.9 Å². The van der Waals surface area contributed by atoms with E-state index in [-0.39, 0.29) is 0 Å². The van der Waals surface area contributed by atoms with Crippen LogP contribution in [-0.4, -0.2) is 22.9 Å². The van der Waals surface area contributed by atoms with Crippen LogP contribution in [0.25, 0.3) is 0 Å². The Bertz CT molecular complexity index is 512. The molecule has 2 nitrogen and oxygen atoms in total. The minimum absolute atomic E-state index is 0.364. The van der Waals surface area contributed by atoms with Crippen molar-refractivity contribution in [1.29, 1.82) is 0 Å². The van der Waals surface area contributed by atoms with Gasteiger partial charge in [-0.3, -0.25) is 0 Å². The molecular weight excluding hydrogens is 234 g/mol. The molecule has 3 atom stereocenters. The maximum atomic E-state index is 10.3. The van der Waals surface area contributed by atoms with E-state index < -0.39 is 0 Å². The summed E-state index contributed by atoms with van der Waals surface area (Å²) < 4.78 is 0. The van der Waals surface area contributed by atoms with Crippen LogP contribution < -0.4 is 0 Å². The molecule has 1 saturated heterocycles. The van der Waals surface area contributed by atoms with Crippen molar-refractivity contribution in [3.8, 4) is 0 Å². The molecule has 0 unspecified atom stereocenters. The van der Waals surface area contributed by atoms with E-state index in [0.717, 1.165) is 19.4 Å². The van der Waals surface area contributed by atoms with E-state index in [1.807, 2.05) is 0 Å². The fourth-order valence-electron chi connectivity index (χ4n) is 5.19. The topological polar surface area (TPSA) is 23.5 Å². The largest absolute Gasteiger partial charge is 0.314 e. The second kappa shape index (κ2) is 4.07. The first-order valence-corrected chi connectivity index (χ1v) is 7.77.